The van der Waals surface area contributed by atoms with E-state index in [2.05, 4.69) is 0 Å². The van der Waals surface area contributed by atoms with Crippen LogP contribution in [0.4, 0.5) is 11.4 Å². The van der Waals surface area contributed by atoms with Crippen LogP contribution in [0.5, 0.6) is 11.5 Å². The quantitative estimate of drug-likeness (QED) is 0.522. The molecule has 0 aliphatic heterocycles. The fraction of sp³-hybridized carbons (Fsp3) is 0. The van der Waals surface area contributed by atoms with Gasteiger partial charge in [-0.25, -0.2) is 0 Å². The Balaban J connectivity index is 2.35. The SMILES string of the molecule is Nc1cc(Oc2ccccc2)c(Cl)cc1[N+](=O)[O-]. The van der Waals surface area contributed by atoms with Crippen molar-refractivity contribution in [3.63, 3.8) is 0 Å². The monoisotopic (exact) mass is 264 g/mol. The molecule has 0 aliphatic rings. The highest BCUT2D eigenvalue weighted by atomic mass is 35.5. The fourth-order valence-electron chi connectivity index (χ4n) is 1.41. The lowest BCUT2D eigenvalue weighted by molar-refractivity contribution is -0.383. The Kier molecular flexibility index (Phi) is 3.34. The number of nitro benzene ring substituents is 1. The molecular formula is C12H9ClN2O3. The van der Waals surface area contributed by atoms with Crippen LogP contribution in [0.25, 0.3) is 0 Å². The van der Waals surface area contributed by atoms with E-state index in [9.17, 15) is 10.1 Å². The second-order valence-corrected chi connectivity index (χ2v) is 3.92. The van der Waals surface area contributed by atoms with Crippen LogP contribution in [0.1, 0.15) is 0 Å². The number of rotatable bonds is 3. The zero-order valence-corrected chi connectivity index (χ0v) is 9.92. The number of nitrogen functional groups attached to an aromatic ring is 1. The number of nitro groups is 1. The van der Waals surface area contributed by atoms with Gasteiger partial charge in [-0.2, -0.15) is 0 Å². The molecular weight excluding hydrogens is 256 g/mol. The van der Waals surface area contributed by atoms with Crippen molar-refractivity contribution in [1.82, 2.24) is 0 Å². The molecule has 6 heteroatoms. The van der Waals surface area contributed by atoms with Crippen molar-refractivity contribution in [1.29, 1.82) is 0 Å². The number of ether oxygens (including phenoxy) is 1. The van der Waals surface area contributed by atoms with Crippen LogP contribution in [-0.4, -0.2) is 4.92 Å². The molecule has 2 N–H and O–H groups in total. The van der Waals surface area contributed by atoms with Crippen molar-refractivity contribution in [3.8, 4) is 11.5 Å². The standard InChI is InChI=1S/C12H9ClN2O3/c13-9-6-11(15(16)17)10(14)7-12(9)18-8-4-2-1-3-5-8/h1-7H,14H2. The first kappa shape index (κ1) is 12.2. The molecule has 0 radical (unpaired) electrons. The topological polar surface area (TPSA) is 78.4 Å². The average Bonchev–Trinajstić information content (AvgIpc) is 2.34. The van der Waals surface area contributed by atoms with Gasteiger partial charge in [-0.05, 0) is 12.1 Å². The number of hydrogen-bond acceptors (Lipinski definition) is 4. The number of nitrogens with zero attached hydrogens (tertiary/aromatic N) is 1. The lowest BCUT2D eigenvalue weighted by Crippen LogP contribution is -1.96. The molecule has 0 atom stereocenters. The maximum atomic E-state index is 10.7. The molecule has 18 heavy (non-hydrogen) atoms. The van der Waals surface area contributed by atoms with Crippen molar-refractivity contribution >= 4 is 23.0 Å². The number of halogens is 1. The molecule has 5 nitrogen and oxygen atoms in total. The molecule has 0 aromatic heterocycles. The molecule has 0 spiro atoms. The van der Waals surface area contributed by atoms with Gasteiger partial charge in [-0.1, -0.05) is 29.8 Å². The predicted molar refractivity (Wildman–Crippen MR) is 69.0 cm³/mol. The summed E-state index contributed by atoms with van der Waals surface area (Å²) in [4.78, 5) is 10.1. The van der Waals surface area contributed by atoms with Gasteiger partial charge in [0.1, 0.15) is 17.2 Å². The summed E-state index contributed by atoms with van der Waals surface area (Å²) in [5.74, 6) is 0.860. The molecule has 0 amide bonds. The summed E-state index contributed by atoms with van der Waals surface area (Å²) in [5.41, 5.74) is 5.34. The van der Waals surface area contributed by atoms with Gasteiger partial charge in [0.25, 0.3) is 5.69 Å². The minimum absolute atomic E-state index is 0.00957. The maximum absolute atomic E-state index is 10.7. The Bertz CT molecular complexity index is 587. The van der Waals surface area contributed by atoms with Gasteiger partial charge in [-0.3, -0.25) is 10.1 Å². The number of nitrogens with two attached hydrogens (primary N) is 1. The molecule has 0 saturated heterocycles. The van der Waals surface area contributed by atoms with Crippen LogP contribution in [-0.2, 0) is 0 Å². The van der Waals surface area contributed by atoms with Gasteiger partial charge in [0, 0.05) is 12.1 Å². The van der Waals surface area contributed by atoms with Gasteiger partial charge in [0.2, 0.25) is 0 Å². The average molecular weight is 265 g/mol. The molecule has 0 fully saturated rings. The summed E-state index contributed by atoms with van der Waals surface area (Å²) < 4.78 is 5.49. The zero-order chi connectivity index (χ0) is 13.1. The molecule has 92 valence electrons. The zero-order valence-electron chi connectivity index (χ0n) is 9.17. The van der Waals surface area contributed by atoms with Crippen molar-refractivity contribution in [3.05, 3.63) is 57.6 Å². The van der Waals surface area contributed by atoms with Crippen LogP contribution < -0.4 is 10.5 Å². The third kappa shape index (κ3) is 2.52. The Morgan fingerprint density at radius 1 is 1.22 bits per heavy atom. The van der Waals surface area contributed by atoms with Crippen molar-refractivity contribution in [2.24, 2.45) is 0 Å². The van der Waals surface area contributed by atoms with E-state index in [0.29, 0.717) is 5.75 Å². The first-order valence-corrected chi connectivity index (χ1v) is 5.42. The molecule has 0 saturated carbocycles. The number of hydrogen-bond donors (Lipinski definition) is 1. The molecule has 0 aliphatic carbocycles. The van der Waals surface area contributed by atoms with Crippen LogP contribution in [0.15, 0.2) is 42.5 Å². The Labute approximate surface area is 108 Å². The molecule has 0 unspecified atom stereocenters. The van der Waals surface area contributed by atoms with Crippen molar-refractivity contribution in [2.45, 2.75) is 0 Å². The van der Waals surface area contributed by atoms with E-state index in [0.717, 1.165) is 0 Å². The Hall–Kier alpha value is -2.27. The molecule has 2 aromatic rings. The van der Waals surface area contributed by atoms with E-state index in [1.54, 1.807) is 24.3 Å². The van der Waals surface area contributed by atoms with Crippen molar-refractivity contribution in [2.75, 3.05) is 5.73 Å². The highest BCUT2D eigenvalue weighted by molar-refractivity contribution is 6.32. The van der Waals surface area contributed by atoms with Crippen LogP contribution in [0.2, 0.25) is 5.02 Å². The lowest BCUT2D eigenvalue weighted by Gasteiger charge is -2.08. The second kappa shape index (κ2) is 4.93. The Morgan fingerprint density at radius 3 is 2.50 bits per heavy atom. The minimum Gasteiger partial charge on any atom is -0.456 e. The normalized spacial score (nSPS) is 10.1. The summed E-state index contributed by atoms with van der Waals surface area (Å²) in [5, 5.41) is 10.8. The summed E-state index contributed by atoms with van der Waals surface area (Å²) >= 11 is 5.91. The van der Waals surface area contributed by atoms with Gasteiger partial charge in [-0.15, -0.1) is 0 Å². The van der Waals surface area contributed by atoms with E-state index in [4.69, 9.17) is 22.1 Å². The van der Waals surface area contributed by atoms with Crippen molar-refractivity contribution < 1.29 is 9.66 Å². The highest BCUT2D eigenvalue weighted by Gasteiger charge is 2.16. The fourth-order valence-corrected chi connectivity index (χ4v) is 1.61. The maximum Gasteiger partial charge on any atom is 0.293 e. The van der Waals surface area contributed by atoms with E-state index in [1.807, 2.05) is 6.07 Å². The van der Waals surface area contributed by atoms with Crippen LogP contribution in [0.3, 0.4) is 0 Å². The smallest absolute Gasteiger partial charge is 0.293 e. The van der Waals surface area contributed by atoms with Crippen LogP contribution >= 0.6 is 11.6 Å². The van der Waals surface area contributed by atoms with Gasteiger partial charge < -0.3 is 10.5 Å². The predicted octanol–water partition coefficient (Wildman–Crippen LogP) is 3.62. The molecule has 2 rings (SSSR count). The van der Waals surface area contributed by atoms with E-state index in [-0.39, 0.29) is 22.1 Å². The van der Waals surface area contributed by atoms with Gasteiger partial charge >= 0.3 is 0 Å². The van der Waals surface area contributed by atoms with Gasteiger partial charge in [0.15, 0.2) is 0 Å². The Morgan fingerprint density at radius 2 is 1.89 bits per heavy atom. The first-order chi connectivity index (χ1) is 8.58. The third-order valence-electron chi connectivity index (χ3n) is 2.25. The summed E-state index contributed by atoms with van der Waals surface area (Å²) in [6.07, 6.45) is 0. The van der Waals surface area contributed by atoms with Gasteiger partial charge in [0.05, 0.1) is 9.95 Å². The van der Waals surface area contributed by atoms with E-state index < -0.39 is 4.92 Å². The van der Waals surface area contributed by atoms with E-state index >= 15 is 0 Å². The summed E-state index contributed by atoms with van der Waals surface area (Å²) in [6.45, 7) is 0. The lowest BCUT2D eigenvalue weighted by atomic mass is 10.2. The summed E-state index contributed by atoms with van der Waals surface area (Å²) in [7, 11) is 0. The summed E-state index contributed by atoms with van der Waals surface area (Å²) in [6, 6.07) is 11.5. The van der Waals surface area contributed by atoms with E-state index in [1.165, 1.54) is 12.1 Å². The first-order valence-electron chi connectivity index (χ1n) is 5.04. The number of para-hydroxylation sites is 1. The second-order valence-electron chi connectivity index (χ2n) is 3.51. The molecule has 0 bridgehead atoms. The number of benzene rings is 2. The largest absolute Gasteiger partial charge is 0.456 e. The minimum atomic E-state index is -0.590. The molecule has 2 aromatic carbocycles. The third-order valence-corrected chi connectivity index (χ3v) is 2.54. The van der Waals surface area contributed by atoms with Crippen LogP contribution in [0, 0.1) is 10.1 Å². The highest BCUT2D eigenvalue weighted by Crippen LogP contribution is 2.36. The molecule has 0 heterocycles. The number of anilines is 1.